The molecule has 3 N–H and O–H groups in total. The first-order valence-corrected chi connectivity index (χ1v) is 7.59. The molecule has 0 spiro atoms. The molecule has 1 aromatic carbocycles. The molecule has 6 heteroatoms. The van der Waals surface area contributed by atoms with Crippen molar-refractivity contribution in [1.82, 2.24) is 4.31 Å². The summed E-state index contributed by atoms with van der Waals surface area (Å²) in [6.45, 7) is 2.54. The zero-order valence-corrected chi connectivity index (χ0v) is 11.3. The van der Waals surface area contributed by atoms with Gasteiger partial charge in [-0.1, -0.05) is 18.6 Å². The predicted molar refractivity (Wildman–Crippen MR) is 71.5 cm³/mol. The maximum Gasteiger partial charge on any atom is 0.245 e. The zero-order valence-electron chi connectivity index (χ0n) is 10.5. The summed E-state index contributed by atoms with van der Waals surface area (Å²) in [5, 5.41) is 0. The topological polar surface area (TPSA) is 75.4 Å². The normalized spacial score (nSPS) is 21.8. The number of sulfonamides is 1. The van der Waals surface area contributed by atoms with Gasteiger partial charge in [0.05, 0.1) is 5.69 Å². The lowest BCUT2D eigenvalue weighted by Crippen LogP contribution is -2.42. The van der Waals surface area contributed by atoms with Crippen molar-refractivity contribution in [3.63, 3.8) is 0 Å². The molecular formula is C12H19N3O2S. The summed E-state index contributed by atoms with van der Waals surface area (Å²) in [5.74, 6) is 5.38. The average Bonchev–Trinajstić information content (AvgIpc) is 2.39. The van der Waals surface area contributed by atoms with Crippen LogP contribution in [0.5, 0.6) is 0 Å². The van der Waals surface area contributed by atoms with Gasteiger partial charge in [-0.15, -0.1) is 0 Å². The van der Waals surface area contributed by atoms with Crippen molar-refractivity contribution in [3.05, 3.63) is 24.3 Å². The Kier molecular flexibility index (Phi) is 3.89. The van der Waals surface area contributed by atoms with Crippen LogP contribution in [0.3, 0.4) is 0 Å². The van der Waals surface area contributed by atoms with Crippen LogP contribution in [-0.2, 0) is 10.0 Å². The molecule has 1 aliphatic heterocycles. The fourth-order valence-electron chi connectivity index (χ4n) is 2.37. The Hall–Kier alpha value is -1.11. The van der Waals surface area contributed by atoms with Crippen LogP contribution >= 0.6 is 0 Å². The van der Waals surface area contributed by atoms with Crippen molar-refractivity contribution in [3.8, 4) is 0 Å². The van der Waals surface area contributed by atoms with Crippen LogP contribution in [0.25, 0.3) is 0 Å². The Morgan fingerprint density at radius 1 is 1.33 bits per heavy atom. The van der Waals surface area contributed by atoms with Gasteiger partial charge in [-0.3, -0.25) is 5.84 Å². The van der Waals surface area contributed by atoms with Gasteiger partial charge in [0.1, 0.15) is 4.90 Å². The SMILES string of the molecule is CC1CCCCN1S(=O)(=O)c1ccccc1NN. The molecule has 18 heavy (non-hydrogen) atoms. The largest absolute Gasteiger partial charge is 0.323 e. The summed E-state index contributed by atoms with van der Waals surface area (Å²) in [7, 11) is -3.46. The number of nitrogen functional groups attached to an aromatic ring is 1. The van der Waals surface area contributed by atoms with Gasteiger partial charge in [0, 0.05) is 12.6 Å². The van der Waals surface area contributed by atoms with E-state index >= 15 is 0 Å². The number of nitrogens with zero attached hydrogens (tertiary/aromatic N) is 1. The number of anilines is 1. The molecule has 0 bridgehead atoms. The minimum absolute atomic E-state index is 0.0505. The first-order valence-electron chi connectivity index (χ1n) is 6.15. The first-order chi connectivity index (χ1) is 8.57. The summed E-state index contributed by atoms with van der Waals surface area (Å²) in [6, 6.07) is 6.78. The number of nitrogens with one attached hydrogen (secondary N) is 1. The Morgan fingerprint density at radius 3 is 2.72 bits per heavy atom. The van der Waals surface area contributed by atoms with E-state index in [4.69, 9.17) is 5.84 Å². The van der Waals surface area contributed by atoms with Crippen LogP contribution in [0.4, 0.5) is 5.69 Å². The summed E-state index contributed by atoms with van der Waals surface area (Å²) in [6.07, 6.45) is 2.92. The van der Waals surface area contributed by atoms with Gasteiger partial charge in [-0.25, -0.2) is 8.42 Å². The molecular weight excluding hydrogens is 250 g/mol. The molecule has 1 saturated heterocycles. The monoisotopic (exact) mass is 269 g/mol. The van der Waals surface area contributed by atoms with Gasteiger partial charge in [0.15, 0.2) is 0 Å². The van der Waals surface area contributed by atoms with Crippen LogP contribution in [0, 0.1) is 0 Å². The minimum atomic E-state index is -3.46. The summed E-state index contributed by atoms with van der Waals surface area (Å²) >= 11 is 0. The third-order valence-electron chi connectivity index (χ3n) is 3.37. The van der Waals surface area contributed by atoms with Crippen LogP contribution < -0.4 is 11.3 Å². The number of para-hydroxylation sites is 1. The number of nitrogens with two attached hydrogens (primary N) is 1. The highest BCUT2D eigenvalue weighted by Gasteiger charge is 2.32. The second kappa shape index (κ2) is 5.26. The molecule has 1 aliphatic rings. The molecule has 1 heterocycles. The van der Waals surface area contributed by atoms with Gasteiger partial charge < -0.3 is 5.43 Å². The van der Waals surface area contributed by atoms with Crippen molar-refractivity contribution in [2.45, 2.75) is 37.1 Å². The molecule has 0 radical (unpaired) electrons. The minimum Gasteiger partial charge on any atom is -0.323 e. The molecule has 0 amide bonds. The van der Waals surface area contributed by atoms with Gasteiger partial charge in [0.25, 0.3) is 0 Å². The quantitative estimate of drug-likeness (QED) is 0.644. The zero-order chi connectivity index (χ0) is 13.2. The third kappa shape index (κ3) is 2.36. The summed E-state index contributed by atoms with van der Waals surface area (Å²) in [4.78, 5) is 0.251. The molecule has 1 unspecified atom stereocenters. The molecule has 0 aromatic heterocycles. The van der Waals surface area contributed by atoms with Crippen molar-refractivity contribution < 1.29 is 8.42 Å². The molecule has 1 aromatic rings. The van der Waals surface area contributed by atoms with E-state index in [1.54, 1.807) is 28.6 Å². The van der Waals surface area contributed by atoms with Crippen LogP contribution in [-0.4, -0.2) is 25.3 Å². The lowest BCUT2D eigenvalue weighted by atomic mass is 10.1. The number of piperidine rings is 1. The van der Waals surface area contributed by atoms with E-state index in [0.717, 1.165) is 19.3 Å². The number of benzene rings is 1. The Balaban J connectivity index is 2.41. The highest BCUT2D eigenvalue weighted by Crippen LogP contribution is 2.28. The standard InChI is InChI=1S/C12H19N3O2S/c1-10-6-4-5-9-15(10)18(16,17)12-8-3-2-7-11(12)14-13/h2-3,7-8,10,14H,4-6,9,13H2,1H3. The molecule has 0 saturated carbocycles. The fraction of sp³-hybridized carbons (Fsp3) is 0.500. The van der Waals surface area contributed by atoms with E-state index in [1.165, 1.54) is 0 Å². The van der Waals surface area contributed by atoms with Crippen molar-refractivity contribution in [2.24, 2.45) is 5.84 Å². The molecule has 100 valence electrons. The highest BCUT2D eigenvalue weighted by atomic mass is 32.2. The lowest BCUT2D eigenvalue weighted by Gasteiger charge is -2.32. The second-order valence-corrected chi connectivity index (χ2v) is 6.46. The van der Waals surface area contributed by atoms with E-state index < -0.39 is 10.0 Å². The highest BCUT2D eigenvalue weighted by molar-refractivity contribution is 7.89. The van der Waals surface area contributed by atoms with Crippen LogP contribution in [0.15, 0.2) is 29.2 Å². The maximum absolute atomic E-state index is 12.6. The number of hydrogen-bond acceptors (Lipinski definition) is 4. The van der Waals surface area contributed by atoms with E-state index in [9.17, 15) is 8.42 Å². The molecule has 5 nitrogen and oxygen atoms in total. The van der Waals surface area contributed by atoms with Gasteiger partial charge in [-0.2, -0.15) is 4.31 Å². The lowest BCUT2D eigenvalue weighted by molar-refractivity contribution is 0.269. The number of hydrazine groups is 1. The maximum atomic E-state index is 12.6. The Bertz CT molecular complexity index is 516. The van der Waals surface area contributed by atoms with E-state index in [1.807, 2.05) is 6.92 Å². The fourth-order valence-corrected chi connectivity index (χ4v) is 4.22. The van der Waals surface area contributed by atoms with Gasteiger partial charge in [-0.05, 0) is 31.9 Å². The number of hydrogen-bond donors (Lipinski definition) is 2. The van der Waals surface area contributed by atoms with E-state index in [0.29, 0.717) is 12.2 Å². The van der Waals surface area contributed by atoms with Gasteiger partial charge in [0.2, 0.25) is 10.0 Å². The summed E-state index contributed by atoms with van der Waals surface area (Å²) < 4.78 is 26.8. The van der Waals surface area contributed by atoms with Gasteiger partial charge >= 0.3 is 0 Å². The number of rotatable bonds is 3. The molecule has 1 atom stereocenters. The van der Waals surface area contributed by atoms with Crippen LogP contribution in [0.1, 0.15) is 26.2 Å². The first kappa shape index (κ1) is 13.3. The smallest absolute Gasteiger partial charge is 0.245 e. The molecule has 2 rings (SSSR count). The predicted octanol–water partition coefficient (Wildman–Crippen LogP) is 1.54. The second-order valence-electron chi connectivity index (χ2n) is 4.60. The molecule has 0 aliphatic carbocycles. The van der Waals surface area contributed by atoms with E-state index in [-0.39, 0.29) is 10.9 Å². The van der Waals surface area contributed by atoms with Crippen molar-refractivity contribution >= 4 is 15.7 Å². The Morgan fingerprint density at radius 2 is 2.06 bits per heavy atom. The van der Waals surface area contributed by atoms with Crippen molar-refractivity contribution in [1.29, 1.82) is 0 Å². The van der Waals surface area contributed by atoms with E-state index in [2.05, 4.69) is 5.43 Å². The molecule has 1 fully saturated rings. The van der Waals surface area contributed by atoms with Crippen molar-refractivity contribution in [2.75, 3.05) is 12.0 Å². The average molecular weight is 269 g/mol. The van der Waals surface area contributed by atoms with Crippen LogP contribution in [0.2, 0.25) is 0 Å². The summed E-state index contributed by atoms with van der Waals surface area (Å²) in [5.41, 5.74) is 2.89. The Labute approximate surface area is 108 Å². The third-order valence-corrected chi connectivity index (χ3v) is 5.44.